The predicted octanol–water partition coefficient (Wildman–Crippen LogP) is 0.444. The number of carbonyl (C=O) groups is 3. The van der Waals surface area contributed by atoms with Crippen LogP contribution >= 0.6 is 11.3 Å². The molecule has 9 heteroatoms. The first-order valence-corrected chi connectivity index (χ1v) is 7.05. The largest absolute Gasteiger partial charge is 0.479 e. The summed E-state index contributed by atoms with van der Waals surface area (Å²) >= 11 is 1.25. The number of urea groups is 2. The van der Waals surface area contributed by atoms with Crippen LogP contribution in [0.3, 0.4) is 0 Å². The van der Waals surface area contributed by atoms with Crippen molar-refractivity contribution in [1.82, 2.24) is 20.9 Å². The van der Waals surface area contributed by atoms with E-state index in [1.54, 1.807) is 31.6 Å². The summed E-state index contributed by atoms with van der Waals surface area (Å²) in [6.45, 7) is 0.448. The third-order valence-electron chi connectivity index (χ3n) is 2.44. The Labute approximate surface area is 126 Å². The highest BCUT2D eigenvalue weighted by molar-refractivity contribution is 7.10. The number of aliphatic carboxylic acids is 1. The normalized spacial score (nSPS) is 11.3. The Bertz CT molecular complexity index is 489. The van der Waals surface area contributed by atoms with Crippen molar-refractivity contribution in [2.75, 3.05) is 27.2 Å². The molecule has 0 saturated carbocycles. The lowest BCUT2D eigenvalue weighted by molar-refractivity contribution is -0.139. The van der Waals surface area contributed by atoms with Crippen molar-refractivity contribution < 1.29 is 19.5 Å². The highest BCUT2D eigenvalue weighted by Gasteiger charge is 2.22. The molecule has 0 aliphatic carbocycles. The predicted molar refractivity (Wildman–Crippen MR) is 78.3 cm³/mol. The molecule has 8 nitrogen and oxygen atoms in total. The first-order valence-electron chi connectivity index (χ1n) is 6.17. The van der Waals surface area contributed by atoms with E-state index in [1.165, 1.54) is 16.2 Å². The van der Waals surface area contributed by atoms with Crippen LogP contribution < -0.4 is 16.0 Å². The molecule has 0 radical (unpaired) electrons. The van der Waals surface area contributed by atoms with Crippen LogP contribution in [0.15, 0.2) is 17.5 Å². The summed E-state index contributed by atoms with van der Waals surface area (Å²) < 4.78 is 0. The van der Waals surface area contributed by atoms with Gasteiger partial charge in [0.05, 0.1) is 0 Å². The maximum absolute atomic E-state index is 11.6. The molecule has 0 bridgehead atoms. The van der Waals surface area contributed by atoms with Crippen LogP contribution in [0.1, 0.15) is 10.9 Å². The van der Waals surface area contributed by atoms with Crippen LogP contribution in [0.2, 0.25) is 0 Å². The smallest absolute Gasteiger partial charge is 0.331 e. The van der Waals surface area contributed by atoms with Gasteiger partial charge in [-0.2, -0.15) is 0 Å². The first kappa shape index (κ1) is 16.8. The molecule has 1 unspecified atom stereocenters. The fourth-order valence-electron chi connectivity index (χ4n) is 1.40. The monoisotopic (exact) mass is 314 g/mol. The second-order valence-electron chi connectivity index (χ2n) is 4.31. The van der Waals surface area contributed by atoms with Gasteiger partial charge in [-0.05, 0) is 11.4 Å². The van der Waals surface area contributed by atoms with Crippen LogP contribution in [-0.4, -0.2) is 55.2 Å². The van der Waals surface area contributed by atoms with E-state index in [9.17, 15) is 14.4 Å². The van der Waals surface area contributed by atoms with Gasteiger partial charge in [0.15, 0.2) is 6.04 Å². The van der Waals surface area contributed by atoms with Crippen molar-refractivity contribution in [3.05, 3.63) is 22.4 Å². The van der Waals surface area contributed by atoms with Gasteiger partial charge in [-0.25, -0.2) is 14.4 Å². The Morgan fingerprint density at radius 1 is 1.29 bits per heavy atom. The molecule has 0 fully saturated rings. The van der Waals surface area contributed by atoms with E-state index in [-0.39, 0.29) is 19.1 Å². The van der Waals surface area contributed by atoms with Gasteiger partial charge in [-0.3, -0.25) is 0 Å². The Balaban J connectivity index is 2.35. The lowest BCUT2D eigenvalue weighted by Crippen LogP contribution is -2.44. The Kier molecular flexibility index (Phi) is 6.47. The van der Waals surface area contributed by atoms with Gasteiger partial charge in [0.2, 0.25) is 0 Å². The molecule has 21 heavy (non-hydrogen) atoms. The molecule has 0 aromatic carbocycles. The highest BCUT2D eigenvalue weighted by Crippen LogP contribution is 2.18. The van der Waals surface area contributed by atoms with E-state index < -0.39 is 18.0 Å². The van der Waals surface area contributed by atoms with E-state index in [4.69, 9.17) is 5.11 Å². The van der Waals surface area contributed by atoms with Crippen molar-refractivity contribution in [2.45, 2.75) is 6.04 Å². The minimum absolute atomic E-state index is 0.197. The zero-order valence-electron chi connectivity index (χ0n) is 11.8. The fourth-order valence-corrected chi connectivity index (χ4v) is 2.16. The summed E-state index contributed by atoms with van der Waals surface area (Å²) in [5.41, 5.74) is 0. The second kappa shape index (κ2) is 8.10. The molecule has 1 atom stereocenters. The molecule has 0 aliphatic heterocycles. The lowest BCUT2D eigenvalue weighted by atomic mass is 10.2. The van der Waals surface area contributed by atoms with E-state index in [2.05, 4.69) is 16.0 Å². The van der Waals surface area contributed by atoms with Gasteiger partial charge in [-0.1, -0.05) is 6.07 Å². The zero-order chi connectivity index (χ0) is 15.8. The molecule has 4 amide bonds. The molecule has 116 valence electrons. The summed E-state index contributed by atoms with van der Waals surface area (Å²) in [5, 5.41) is 18.3. The van der Waals surface area contributed by atoms with Crippen LogP contribution in [-0.2, 0) is 4.79 Å². The molecule has 1 aromatic heterocycles. The summed E-state index contributed by atoms with van der Waals surface area (Å²) in [6, 6.07) is 1.41. The SMILES string of the molecule is CN(C)C(=O)NCCNC(=O)NC(C(=O)O)c1cccs1. The average Bonchev–Trinajstić information content (AvgIpc) is 2.93. The maximum atomic E-state index is 11.6. The number of thiophene rings is 1. The second-order valence-corrected chi connectivity index (χ2v) is 5.29. The number of rotatable bonds is 6. The van der Waals surface area contributed by atoms with E-state index in [1.807, 2.05) is 0 Å². The minimum Gasteiger partial charge on any atom is -0.479 e. The third-order valence-corrected chi connectivity index (χ3v) is 3.38. The summed E-state index contributed by atoms with van der Waals surface area (Å²) in [4.78, 5) is 35.9. The highest BCUT2D eigenvalue weighted by atomic mass is 32.1. The first-order chi connectivity index (χ1) is 9.91. The number of carboxylic acids is 1. The van der Waals surface area contributed by atoms with Crippen molar-refractivity contribution >= 4 is 29.4 Å². The molecule has 0 aliphatic rings. The van der Waals surface area contributed by atoms with Gasteiger partial charge < -0.3 is 26.0 Å². The summed E-state index contributed by atoms with van der Waals surface area (Å²) in [7, 11) is 3.21. The van der Waals surface area contributed by atoms with Crippen LogP contribution in [0.25, 0.3) is 0 Å². The van der Waals surface area contributed by atoms with Gasteiger partial charge in [-0.15, -0.1) is 11.3 Å². The average molecular weight is 314 g/mol. The van der Waals surface area contributed by atoms with E-state index in [0.717, 1.165) is 0 Å². The Hall–Kier alpha value is -2.29. The van der Waals surface area contributed by atoms with Crippen LogP contribution in [0, 0.1) is 0 Å². The Morgan fingerprint density at radius 2 is 1.95 bits per heavy atom. The molecule has 0 saturated heterocycles. The summed E-state index contributed by atoms with van der Waals surface area (Å²) in [6.07, 6.45) is 0. The lowest BCUT2D eigenvalue weighted by Gasteiger charge is -2.15. The molecular formula is C12H18N4O4S. The molecule has 1 rings (SSSR count). The number of carboxylic acid groups (broad SMARTS) is 1. The fraction of sp³-hybridized carbons (Fsp3) is 0.417. The Morgan fingerprint density at radius 3 is 2.48 bits per heavy atom. The molecule has 0 spiro atoms. The molecule has 1 aromatic rings. The van der Waals surface area contributed by atoms with Gasteiger partial charge in [0.1, 0.15) is 0 Å². The van der Waals surface area contributed by atoms with E-state index in [0.29, 0.717) is 4.88 Å². The maximum Gasteiger partial charge on any atom is 0.331 e. The number of hydrogen-bond acceptors (Lipinski definition) is 4. The van der Waals surface area contributed by atoms with Gasteiger partial charge >= 0.3 is 18.0 Å². The third kappa shape index (κ3) is 5.69. The van der Waals surface area contributed by atoms with Crippen molar-refractivity contribution in [3.63, 3.8) is 0 Å². The standard InChI is InChI=1S/C12H18N4O4S/c1-16(2)12(20)14-6-5-13-11(19)15-9(10(17)18)8-4-3-7-21-8/h3-4,7,9H,5-6H2,1-2H3,(H,14,20)(H,17,18)(H2,13,15,19). The zero-order valence-corrected chi connectivity index (χ0v) is 12.6. The quantitative estimate of drug-likeness (QED) is 0.571. The summed E-state index contributed by atoms with van der Waals surface area (Å²) in [5.74, 6) is -1.13. The number of amides is 4. The van der Waals surface area contributed by atoms with Gasteiger partial charge in [0.25, 0.3) is 0 Å². The number of hydrogen-bond donors (Lipinski definition) is 4. The molecule has 4 N–H and O–H groups in total. The molecule has 1 heterocycles. The topological polar surface area (TPSA) is 111 Å². The van der Waals surface area contributed by atoms with Crippen LogP contribution in [0.5, 0.6) is 0 Å². The van der Waals surface area contributed by atoms with Crippen LogP contribution in [0.4, 0.5) is 9.59 Å². The van der Waals surface area contributed by atoms with Gasteiger partial charge in [0, 0.05) is 32.1 Å². The number of nitrogens with one attached hydrogen (secondary N) is 3. The number of carbonyl (C=O) groups excluding carboxylic acids is 2. The van der Waals surface area contributed by atoms with Crippen molar-refractivity contribution in [3.8, 4) is 0 Å². The molecular weight excluding hydrogens is 296 g/mol. The minimum atomic E-state index is -1.13. The number of nitrogens with zero attached hydrogens (tertiary/aromatic N) is 1. The van der Waals surface area contributed by atoms with Crippen molar-refractivity contribution in [1.29, 1.82) is 0 Å². The van der Waals surface area contributed by atoms with Crippen molar-refractivity contribution in [2.24, 2.45) is 0 Å². The van der Waals surface area contributed by atoms with E-state index >= 15 is 0 Å².